The molecule has 0 bridgehead atoms. The minimum Gasteiger partial charge on any atom is -0.460 e. The third-order valence-corrected chi connectivity index (χ3v) is 6.48. The van der Waals surface area contributed by atoms with E-state index in [1.807, 2.05) is 71.9 Å². The first-order chi connectivity index (χ1) is 17.7. The van der Waals surface area contributed by atoms with Crippen LogP contribution in [0.5, 0.6) is 0 Å². The first-order valence-electron chi connectivity index (χ1n) is 13.5. The monoisotopic (exact) mass is 522 g/mol. The third kappa shape index (κ3) is 9.09. The lowest BCUT2D eigenvalue weighted by Gasteiger charge is -2.24. The number of hydrogen-bond donors (Lipinski definition) is 1. The van der Waals surface area contributed by atoms with Gasteiger partial charge >= 0.3 is 11.9 Å². The molecule has 6 heteroatoms. The van der Waals surface area contributed by atoms with E-state index in [1.54, 1.807) is 0 Å². The lowest BCUT2D eigenvalue weighted by Crippen LogP contribution is -2.26. The molecular weight excluding hydrogens is 480 g/mol. The van der Waals surface area contributed by atoms with Crippen molar-refractivity contribution in [2.24, 2.45) is 0 Å². The van der Waals surface area contributed by atoms with Crippen LogP contribution >= 0.6 is 0 Å². The highest BCUT2D eigenvalue weighted by Crippen LogP contribution is 2.26. The number of benzene rings is 2. The van der Waals surface area contributed by atoms with Gasteiger partial charge in [0.2, 0.25) is 0 Å². The van der Waals surface area contributed by atoms with Crippen molar-refractivity contribution < 1.29 is 29.0 Å². The van der Waals surface area contributed by atoms with E-state index in [2.05, 4.69) is 6.07 Å². The van der Waals surface area contributed by atoms with Crippen molar-refractivity contribution in [2.75, 3.05) is 0 Å². The summed E-state index contributed by atoms with van der Waals surface area (Å²) in [7, 11) is 0. The Morgan fingerprint density at radius 2 is 1.29 bits per heavy atom. The van der Waals surface area contributed by atoms with Gasteiger partial charge in [0.25, 0.3) is 0 Å². The SMILES string of the molecule is CC(C)(C)OC(=O)Cc1cccc2c1CC(=O)CC2.CC(C)(C)OC(=O)Cc1cccc2c1C[C@H](O)CC2. The Bertz CT molecular complexity index is 1170. The molecular formula is C32H42O6. The Morgan fingerprint density at radius 3 is 1.82 bits per heavy atom. The van der Waals surface area contributed by atoms with E-state index >= 15 is 0 Å². The van der Waals surface area contributed by atoms with Crippen LogP contribution in [0.25, 0.3) is 0 Å². The number of fused-ring (bicyclic) bond motifs is 2. The average molecular weight is 523 g/mol. The number of rotatable bonds is 4. The van der Waals surface area contributed by atoms with Crippen LogP contribution in [0.1, 0.15) is 87.8 Å². The number of aliphatic hydroxyl groups excluding tert-OH is 1. The molecule has 0 amide bonds. The van der Waals surface area contributed by atoms with Gasteiger partial charge in [-0.25, -0.2) is 0 Å². The van der Waals surface area contributed by atoms with Crippen molar-refractivity contribution >= 4 is 17.7 Å². The molecule has 0 aromatic heterocycles. The number of ketones is 1. The van der Waals surface area contributed by atoms with Crippen molar-refractivity contribution in [2.45, 2.75) is 110 Å². The Morgan fingerprint density at radius 1 is 0.789 bits per heavy atom. The maximum Gasteiger partial charge on any atom is 0.310 e. The van der Waals surface area contributed by atoms with E-state index in [0.29, 0.717) is 19.3 Å². The van der Waals surface area contributed by atoms with Crippen molar-refractivity contribution in [3.05, 3.63) is 69.8 Å². The molecule has 38 heavy (non-hydrogen) atoms. The summed E-state index contributed by atoms with van der Waals surface area (Å²) in [5.74, 6) is -0.191. The molecule has 0 saturated heterocycles. The number of carbonyl (C=O) groups excluding carboxylic acids is 3. The number of Topliss-reactive ketones (excluding diaryl/α,β-unsaturated/α-hetero) is 1. The molecule has 2 aliphatic rings. The van der Waals surface area contributed by atoms with Crippen LogP contribution in [0, 0.1) is 0 Å². The highest BCUT2D eigenvalue weighted by molar-refractivity contribution is 5.84. The number of aliphatic hydroxyl groups is 1. The Labute approximate surface area is 226 Å². The van der Waals surface area contributed by atoms with Gasteiger partial charge in [0.1, 0.15) is 17.0 Å². The zero-order valence-electron chi connectivity index (χ0n) is 23.7. The van der Waals surface area contributed by atoms with E-state index in [1.165, 1.54) is 11.1 Å². The summed E-state index contributed by atoms with van der Waals surface area (Å²) in [6, 6.07) is 11.9. The van der Waals surface area contributed by atoms with E-state index in [9.17, 15) is 19.5 Å². The quantitative estimate of drug-likeness (QED) is 0.566. The fraction of sp³-hybridized carbons (Fsp3) is 0.531. The van der Waals surface area contributed by atoms with Gasteiger partial charge in [-0.05, 0) is 101 Å². The summed E-state index contributed by atoms with van der Waals surface area (Å²) in [5, 5.41) is 9.78. The van der Waals surface area contributed by atoms with Crippen molar-refractivity contribution in [1.82, 2.24) is 0 Å². The fourth-order valence-electron chi connectivity index (χ4n) is 4.95. The molecule has 0 aliphatic heterocycles. The second-order valence-electron chi connectivity index (χ2n) is 12.2. The molecule has 2 aliphatic carbocycles. The van der Waals surface area contributed by atoms with E-state index < -0.39 is 11.2 Å². The van der Waals surface area contributed by atoms with Gasteiger partial charge in [-0.2, -0.15) is 0 Å². The van der Waals surface area contributed by atoms with E-state index in [4.69, 9.17) is 9.47 Å². The molecule has 2 aromatic carbocycles. The summed E-state index contributed by atoms with van der Waals surface area (Å²) in [4.78, 5) is 35.4. The van der Waals surface area contributed by atoms with Gasteiger partial charge < -0.3 is 14.6 Å². The average Bonchev–Trinajstić information content (AvgIpc) is 2.78. The minimum absolute atomic E-state index is 0.207. The lowest BCUT2D eigenvalue weighted by atomic mass is 9.86. The topological polar surface area (TPSA) is 89.9 Å². The van der Waals surface area contributed by atoms with Crippen molar-refractivity contribution in [1.29, 1.82) is 0 Å². The number of ether oxygens (including phenoxy) is 2. The molecule has 0 unspecified atom stereocenters. The number of aryl methyl sites for hydroxylation is 2. The molecule has 0 radical (unpaired) electrons. The fourth-order valence-corrected chi connectivity index (χ4v) is 4.95. The molecule has 0 saturated carbocycles. The lowest BCUT2D eigenvalue weighted by molar-refractivity contribution is -0.155. The summed E-state index contributed by atoms with van der Waals surface area (Å²) in [6.45, 7) is 11.2. The zero-order valence-corrected chi connectivity index (χ0v) is 23.7. The second-order valence-corrected chi connectivity index (χ2v) is 12.2. The number of carbonyl (C=O) groups is 3. The molecule has 206 valence electrons. The molecule has 1 atom stereocenters. The van der Waals surface area contributed by atoms with E-state index in [0.717, 1.165) is 41.5 Å². The van der Waals surface area contributed by atoms with Crippen LogP contribution in [0.4, 0.5) is 0 Å². The third-order valence-electron chi connectivity index (χ3n) is 6.48. The van der Waals surface area contributed by atoms with Crippen LogP contribution < -0.4 is 0 Å². The van der Waals surface area contributed by atoms with E-state index in [-0.39, 0.29) is 36.7 Å². The van der Waals surface area contributed by atoms with Crippen LogP contribution in [0.3, 0.4) is 0 Å². The standard InChI is InChI=1S/C16H22O3.C16H20O3/c2*1-16(2,3)19-15(18)9-12-6-4-5-11-7-8-13(17)10-14(11)12/h4-6,13,17H,7-10H2,1-3H3;4-6H,7-10H2,1-3H3/t13-;/m1./s1. The largest absolute Gasteiger partial charge is 0.460 e. The van der Waals surface area contributed by atoms with Crippen molar-refractivity contribution in [3.63, 3.8) is 0 Å². The maximum absolute atomic E-state index is 11.9. The summed E-state index contributed by atoms with van der Waals surface area (Å²) in [5.41, 5.74) is 5.61. The van der Waals surface area contributed by atoms with Crippen LogP contribution in [0.2, 0.25) is 0 Å². The van der Waals surface area contributed by atoms with Gasteiger partial charge in [-0.3, -0.25) is 14.4 Å². The molecule has 2 aromatic rings. The summed E-state index contributed by atoms with van der Waals surface area (Å²) >= 11 is 0. The molecule has 4 rings (SSSR count). The highest BCUT2D eigenvalue weighted by atomic mass is 16.6. The zero-order chi connectivity index (χ0) is 28.1. The minimum atomic E-state index is -0.470. The van der Waals surface area contributed by atoms with Gasteiger partial charge in [0, 0.05) is 12.8 Å². The molecule has 6 nitrogen and oxygen atoms in total. The number of esters is 2. The maximum atomic E-state index is 11.9. The Balaban J connectivity index is 0.000000211. The molecule has 0 heterocycles. The second kappa shape index (κ2) is 12.2. The Kier molecular flexibility index (Phi) is 9.53. The highest BCUT2D eigenvalue weighted by Gasteiger charge is 2.23. The van der Waals surface area contributed by atoms with Gasteiger partial charge in [0.05, 0.1) is 18.9 Å². The first-order valence-corrected chi connectivity index (χ1v) is 13.5. The van der Waals surface area contributed by atoms with Gasteiger partial charge in [-0.1, -0.05) is 36.4 Å². The predicted molar refractivity (Wildman–Crippen MR) is 147 cm³/mol. The molecule has 0 fully saturated rings. The van der Waals surface area contributed by atoms with Crippen LogP contribution in [0.15, 0.2) is 36.4 Å². The molecule has 1 N–H and O–H groups in total. The smallest absolute Gasteiger partial charge is 0.310 e. The van der Waals surface area contributed by atoms with Gasteiger partial charge in [-0.15, -0.1) is 0 Å². The summed E-state index contributed by atoms with van der Waals surface area (Å²) < 4.78 is 10.7. The van der Waals surface area contributed by atoms with Crippen LogP contribution in [-0.2, 0) is 62.4 Å². The molecule has 0 spiro atoms. The first kappa shape index (κ1) is 29.6. The predicted octanol–water partition coefficient (Wildman–Crippen LogP) is 5.05. The van der Waals surface area contributed by atoms with Gasteiger partial charge in [0.15, 0.2) is 0 Å². The summed E-state index contributed by atoms with van der Waals surface area (Å²) in [6.07, 6.45) is 4.44. The van der Waals surface area contributed by atoms with Crippen molar-refractivity contribution in [3.8, 4) is 0 Å². The van der Waals surface area contributed by atoms with Crippen LogP contribution in [-0.4, -0.2) is 40.1 Å². The normalized spacial score (nSPS) is 16.9. The Hall–Kier alpha value is -2.99. The number of hydrogen-bond acceptors (Lipinski definition) is 6.